The van der Waals surface area contributed by atoms with E-state index in [1.54, 1.807) is 24.3 Å². The summed E-state index contributed by atoms with van der Waals surface area (Å²) in [4.78, 5) is 13.2. The minimum atomic E-state index is -3.69. The molecule has 144 valence electrons. The van der Waals surface area contributed by atoms with Gasteiger partial charge in [-0.05, 0) is 55.0 Å². The van der Waals surface area contributed by atoms with Crippen LogP contribution in [-0.2, 0) is 14.8 Å². The minimum absolute atomic E-state index is 0.132. The predicted molar refractivity (Wildman–Crippen MR) is 114 cm³/mol. The molecule has 1 amide bonds. The van der Waals surface area contributed by atoms with Crippen molar-refractivity contribution in [3.63, 3.8) is 0 Å². The number of para-hydroxylation sites is 1. The molecule has 0 aliphatic heterocycles. The molecule has 2 N–H and O–H groups in total. The van der Waals surface area contributed by atoms with Crippen LogP contribution in [0.2, 0.25) is 0 Å². The highest BCUT2D eigenvalue weighted by atomic mass is 32.2. The van der Waals surface area contributed by atoms with Crippen molar-refractivity contribution < 1.29 is 13.2 Å². The third kappa shape index (κ3) is 5.37. The number of carbonyl (C=O) groups excluding carboxylic acids is 1. The van der Waals surface area contributed by atoms with E-state index in [2.05, 4.69) is 10.0 Å². The van der Waals surface area contributed by atoms with Gasteiger partial charge in [0.15, 0.2) is 0 Å². The molecule has 0 fully saturated rings. The maximum absolute atomic E-state index is 12.5. The molecule has 7 heteroatoms. The topological polar surface area (TPSA) is 75.3 Å². The van der Waals surface area contributed by atoms with Gasteiger partial charge in [-0.15, -0.1) is 11.8 Å². The van der Waals surface area contributed by atoms with Crippen LogP contribution >= 0.6 is 11.8 Å². The highest BCUT2D eigenvalue weighted by molar-refractivity contribution is 8.00. The first-order chi connectivity index (χ1) is 13.4. The van der Waals surface area contributed by atoms with E-state index in [0.717, 1.165) is 10.5 Å². The first-order valence-corrected chi connectivity index (χ1v) is 11.1. The Bertz CT molecular complexity index is 1050. The molecule has 0 atom stereocenters. The number of amides is 1. The van der Waals surface area contributed by atoms with Crippen LogP contribution in [0.4, 0.5) is 11.4 Å². The lowest BCUT2D eigenvalue weighted by Gasteiger charge is -2.11. The summed E-state index contributed by atoms with van der Waals surface area (Å²) in [5.74, 6) is 0.126. The largest absolute Gasteiger partial charge is 0.325 e. The number of rotatable bonds is 7. The van der Waals surface area contributed by atoms with Crippen LogP contribution in [0.1, 0.15) is 5.56 Å². The number of anilines is 2. The Labute approximate surface area is 169 Å². The SMILES string of the molecule is Cc1ccccc1NS(=O)(=O)c1ccc(NC(=O)CSc2ccccc2)cc1. The third-order valence-electron chi connectivity index (χ3n) is 3.95. The molecule has 5 nitrogen and oxygen atoms in total. The van der Waals surface area contributed by atoms with Gasteiger partial charge in [0, 0.05) is 10.6 Å². The van der Waals surface area contributed by atoms with Crippen LogP contribution in [0, 0.1) is 6.92 Å². The van der Waals surface area contributed by atoms with E-state index in [9.17, 15) is 13.2 Å². The van der Waals surface area contributed by atoms with Gasteiger partial charge in [0.1, 0.15) is 0 Å². The Hall–Kier alpha value is -2.77. The third-order valence-corrected chi connectivity index (χ3v) is 6.34. The summed E-state index contributed by atoms with van der Waals surface area (Å²) < 4.78 is 27.7. The van der Waals surface area contributed by atoms with E-state index in [4.69, 9.17) is 0 Å². The van der Waals surface area contributed by atoms with Crippen LogP contribution in [0.5, 0.6) is 0 Å². The van der Waals surface area contributed by atoms with E-state index in [-0.39, 0.29) is 16.6 Å². The van der Waals surface area contributed by atoms with Gasteiger partial charge in [-0.3, -0.25) is 9.52 Å². The fourth-order valence-electron chi connectivity index (χ4n) is 2.47. The summed E-state index contributed by atoms with van der Waals surface area (Å²) in [6.07, 6.45) is 0. The summed E-state index contributed by atoms with van der Waals surface area (Å²) >= 11 is 1.44. The van der Waals surface area contributed by atoms with Crippen LogP contribution < -0.4 is 10.0 Å². The number of nitrogens with one attached hydrogen (secondary N) is 2. The highest BCUT2D eigenvalue weighted by Crippen LogP contribution is 2.21. The maximum Gasteiger partial charge on any atom is 0.261 e. The smallest absolute Gasteiger partial charge is 0.261 e. The highest BCUT2D eigenvalue weighted by Gasteiger charge is 2.15. The molecular weight excluding hydrogens is 392 g/mol. The Kier molecular flexibility index (Phi) is 6.38. The summed E-state index contributed by atoms with van der Waals surface area (Å²) in [7, 11) is -3.69. The lowest BCUT2D eigenvalue weighted by Crippen LogP contribution is -2.15. The van der Waals surface area contributed by atoms with Gasteiger partial charge in [-0.1, -0.05) is 36.4 Å². The number of hydrogen-bond donors (Lipinski definition) is 2. The van der Waals surface area contributed by atoms with Crippen molar-refractivity contribution in [2.24, 2.45) is 0 Å². The fourth-order valence-corrected chi connectivity index (χ4v) is 4.32. The van der Waals surface area contributed by atoms with E-state index in [1.165, 1.54) is 23.9 Å². The standard InChI is InChI=1S/C21H20N2O3S2/c1-16-7-5-6-10-20(16)23-28(25,26)19-13-11-17(12-14-19)22-21(24)15-27-18-8-3-2-4-9-18/h2-14,23H,15H2,1H3,(H,22,24). The summed E-state index contributed by atoms with van der Waals surface area (Å²) in [6, 6.07) is 22.9. The second-order valence-electron chi connectivity index (χ2n) is 6.09. The molecular formula is C21H20N2O3S2. The first-order valence-electron chi connectivity index (χ1n) is 8.60. The molecule has 0 aliphatic rings. The van der Waals surface area contributed by atoms with Gasteiger partial charge in [-0.25, -0.2) is 8.42 Å². The van der Waals surface area contributed by atoms with Gasteiger partial charge >= 0.3 is 0 Å². The lowest BCUT2D eigenvalue weighted by atomic mass is 10.2. The molecule has 3 aromatic carbocycles. The number of sulfonamides is 1. The normalized spacial score (nSPS) is 11.0. The van der Waals surface area contributed by atoms with Crippen LogP contribution in [-0.4, -0.2) is 20.1 Å². The van der Waals surface area contributed by atoms with Gasteiger partial charge in [0.05, 0.1) is 16.3 Å². The van der Waals surface area contributed by atoms with Crippen molar-refractivity contribution in [2.75, 3.05) is 15.8 Å². The molecule has 0 unspecified atom stereocenters. The fraction of sp³-hybridized carbons (Fsp3) is 0.0952. The van der Waals surface area contributed by atoms with Crippen LogP contribution in [0.25, 0.3) is 0 Å². The lowest BCUT2D eigenvalue weighted by molar-refractivity contribution is -0.113. The monoisotopic (exact) mass is 412 g/mol. The van der Waals surface area contributed by atoms with Gasteiger partial charge in [0.2, 0.25) is 5.91 Å². The summed E-state index contributed by atoms with van der Waals surface area (Å²) in [5, 5.41) is 2.77. The molecule has 3 aromatic rings. The second-order valence-corrected chi connectivity index (χ2v) is 8.83. The summed E-state index contributed by atoms with van der Waals surface area (Å²) in [5.41, 5.74) is 1.93. The summed E-state index contributed by atoms with van der Waals surface area (Å²) in [6.45, 7) is 1.84. The first kappa shape index (κ1) is 20.0. The van der Waals surface area contributed by atoms with Crippen molar-refractivity contribution >= 4 is 39.1 Å². The number of benzene rings is 3. The number of hydrogen-bond acceptors (Lipinski definition) is 4. The van der Waals surface area contributed by atoms with E-state index < -0.39 is 10.0 Å². The Morgan fingerprint density at radius 1 is 0.893 bits per heavy atom. The molecule has 28 heavy (non-hydrogen) atoms. The zero-order valence-electron chi connectivity index (χ0n) is 15.3. The predicted octanol–water partition coefficient (Wildman–Crippen LogP) is 4.53. The van der Waals surface area contributed by atoms with Crippen molar-refractivity contribution in [1.29, 1.82) is 0 Å². The van der Waals surface area contributed by atoms with E-state index in [0.29, 0.717) is 11.4 Å². The van der Waals surface area contributed by atoms with Gasteiger partial charge in [0.25, 0.3) is 10.0 Å². The molecule has 3 rings (SSSR count). The Morgan fingerprint density at radius 3 is 2.21 bits per heavy atom. The van der Waals surface area contributed by atoms with E-state index >= 15 is 0 Å². The molecule has 0 bridgehead atoms. The molecule has 0 radical (unpaired) electrons. The zero-order valence-corrected chi connectivity index (χ0v) is 16.9. The Balaban J connectivity index is 1.61. The quantitative estimate of drug-likeness (QED) is 0.559. The average molecular weight is 413 g/mol. The number of aryl methyl sites for hydroxylation is 1. The molecule has 0 aromatic heterocycles. The molecule has 0 saturated heterocycles. The van der Waals surface area contributed by atoms with Gasteiger partial charge in [-0.2, -0.15) is 0 Å². The minimum Gasteiger partial charge on any atom is -0.325 e. The molecule has 0 spiro atoms. The maximum atomic E-state index is 12.5. The molecule has 0 aliphatic carbocycles. The number of carbonyl (C=O) groups is 1. The second kappa shape index (κ2) is 8.95. The van der Waals surface area contributed by atoms with Crippen LogP contribution in [0.15, 0.2) is 88.7 Å². The van der Waals surface area contributed by atoms with Gasteiger partial charge < -0.3 is 5.32 Å². The zero-order chi connectivity index (χ0) is 20.0. The van der Waals surface area contributed by atoms with E-state index in [1.807, 2.05) is 49.4 Å². The Morgan fingerprint density at radius 2 is 1.54 bits per heavy atom. The average Bonchev–Trinajstić information content (AvgIpc) is 2.69. The van der Waals surface area contributed by atoms with Crippen molar-refractivity contribution in [2.45, 2.75) is 16.7 Å². The van der Waals surface area contributed by atoms with Crippen LogP contribution in [0.3, 0.4) is 0 Å². The number of thioether (sulfide) groups is 1. The van der Waals surface area contributed by atoms with Crippen molar-refractivity contribution in [1.82, 2.24) is 0 Å². The van der Waals surface area contributed by atoms with Crippen molar-refractivity contribution in [3.8, 4) is 0 Å². The molecule has 0 heterocycles. The van der Waals surface area contributed by atoms with Crippen molar-refractivity contribution in [3.05, 3.63) is 84.4 Å². The molecule has 0 saturated carbocycles.